The molecule has 2 aromatic rings. The first kappa shape index (κ1) is 12.6. The van der Waals surface area contributed by atoms with Crippen LogP contribution < -0.4 is 10.6 Å². The van der Waals surface area contributed by atoms with E-state index < -0.39 is 12.0 Å². The molecule has 7 heteroatoms. The lowest BCUT2D eigenvalue weighted by atomic mass is 10.2. The van der Waals surface area contributed by atoms with Gasteiger partial charge in [0.25, 0.3) is 0 Å². The predicted octanol–water partition coefficient (Wildman–Crippen LogP) is 1.43. The van der Waals surface area contributed by atoms with Crippen LogP contribution in [0.3, 0.4) is 0 Å². The number of hydrogen-bond acceptors (Lipinski definition) is 3. The van der Waals surface area contributed by atoms with Gasteiger partial charge in [0.15, 0.2) is 0 Å². The highest BCUT2D eigenvalue weighted by molar-refractivity contribution is 5.99. The van der Waals surface area contributed by atoms with Crippen LogP contribution in [0.4, 0.5) is 10.5 Å². The van der Waals surface area contributed by atoms with Crippen molar-refractivity contribution in [3.05, 3.63) is 47.8 Å². The fraction of sp³-hybridized carbons (Fsp3) is 0.0833. The van der Waals surface area contributed by atoms with Gasteiger partial charge < -0.3 is 15.7 Å². The first-order valence-electron chi connectivity index (χ1n) is 5.51. The zero-order valence-corrected chi connectivity index (χ0v) is 9.88. The van der Waals surface area contributed by atoms with Crippen LogP contribution >= 0.6 is 0 Å². The summed E-state index contributed by atoms with van der Waals surface area (Å²) in [6.45, 7) is 0.303. The molecule has 0 saturated carbocycles. The summed E-state index contributed by atoms with van der Waals surface area (Å²) in [5.74, 6) is -1.09. The Hall–Kier alpha value is -2.83. The standard InChI is InChI=1S/C12H12N4O3/c17-11(18)9-3-1-2-4-10(9)16-12(19)13-5-8-6-14-15-7-8/h1-4,6-7H,5H2,(H,14,15)(H,17,18)(H2,13,16,19). The molecule has 7 nitrogen and oxygen atoms in total. The van der Waals surface area contributed by atoms with Crippen LogP contribution in [0.5, 0.6) is 0 Å². The Kier molecular flexibility index (Phi) is 3.77. The molecule has 4 N–H and O–H groups in total. The molecule has 0 aliphatic carbocycles. The lowest BCUT2D eigenvalue weighted by Gasteiger charge is -2.09. The molecule has 0 bridgehead atoms. The Labute approximate surface area is 108 Å². The molecule has 0 spiro atoms. The molecule has 19 heavy (non-hydrogen) atoms. The summed E-state index contributed by atoms with van der Waals surface area (Å²) in [6.07, 6.45) is 3.25. The second kappa shape index (κ2) is 5.67. The Morgan fingerprint density at radius 1 is 1.32 bits per heavy atom. The van der Waals surface area contributed by atoms with E-state index in [0.717, 1.165) is 5.56 Å². The maximum atomic E-state index is 11.6. The van der Waals surface area contributed by atoms with Crippen LogP contribution in [0.1, 0.15) is 15.9 Å². The van der Waals surface area contributed by atoms with E-state index in [9.17, 15) is 9.59 Å². The van der Waals surface area contributed by atoms with Gasteiger partial charge in [0.05, 0.1) is 17.4 Å². The maximum Gasteiger partial charge on any atom is 0.337 e. The second-order valence-corrected chi connectivity index (χ2v) is 3.76. The summed E-state index contributed by atoms with van der Waals surface area (Å²) in [4.78, 5) is 22.6. The topological polar surface area (TPSA) is 107 Å². The van der Waals surface area contributed by atoms with Gasteiger partial charge >= 0.3 is 12.0 Å². The van der Waals surface area contributed by atoms with E-state index in [-0.39, 0.29) is 11.3 Å². The largest absolute Gasteiger partial charge is 0.478 e. The van der Waals surface area contributed by atoms with E-state index in [1.165, 1.54) is 12.1 Å². The molecular weight excluding hydrogens is 248 g/mol. The quantitative estimate of drug-likeness (QED) is 0.667. The number of carboxylic acid groups (broad SMARTS) is 1. The number of H-pyrrole nitrogens is 1. The van der Waals surface area contributed by atoms with Crippen molar-refractivity contribution >= 4 is 17.7 Å². The van der Waals surface area contributed by atoms with Gasteiger partial charge in [0.1, 0.15) is 0 Å². The Morgan fingerprint density at radius 3 is 2.79 bits per heavy atom. The van der Waals surface area contributed by atoms with E-state index in [4.69, 9.17) is 5.11 Å². The van der Waals surface area contributed by atoms with Crippen molar-refractivity contribution in [1.29, 1.82) is 0 Å². The average Bonchev–Trinajstić information content (AvgIpc) is 2.90. The summed E-state index contributed by atoms with van der Waals surface area (Å²) in [5, 5.41) is 20.4. The molecule has 1 aromatic carbocycles. The summed E-state index contributed by atoms with van der Waals surface area (Å²) in [6, 6.07) is 5.72. The molecule has 0 saturated heterocycles. The minimum atomic E-state index is -1.09. The highest BCUT2D eigenvalue weighted by Gasteiger charge is 2.11. The number of aromatic amines is 1. The van der Waals surface area contributed by atoms with E-state index in [2.05, 4.69) is 20.8 Å². The van der Waals surface area contributed by atoms with Crippen LogP contribution in [0.2, 0.25) is 0 Å². The summed E-state index contributed by atoms with van der Waals surface area (Å²) < 4.78 is 0. The number of nitrogens with one attached hydrogen (secondary N) is 3. The van der Waals surface area contributed by atoms with Crippen molar-refractivity contribution < 1.29 is 14.7 Å². The van der Waals surface area contributed by atoms with Crippen molar-refractivity contribution in [2.24, 2.45) is 0 Å². The molecule has 1 aromatic heterocycles. The number of carbonyl (C=O) groups excluding carboxylic acids is 1. The van der Waals surface area contributed by atoms with Crippen molar-refractivity contribution in [3.8, 4) is 0 Å². The Morgan fingerprint density at radius 2 is 2.11 bits per heavy atom. The average molecular weight is 260 g/mol. The summed E-state index contributed by atoms with van der Waals surface area (Å²) >= 11 is 0. The number of rotatable bonds is 4. The van der Waals surface area contributed by atoms with Crippen molar-refractivity contribution in [3.63, 3.8) is 0 Å². The summed E-state index contributed by atoms with van der Waals surface area (Å²) in [7, 11) is 0. The Bertz CT molecular complexity index is 580. The zero-order chi connectivity index (χ0) is 13.7. The first-order chi connectivity index (χ1) is 9.16. The maximum absolute atomic E-state index is 11.6. The smallest absolute Gasteiger partial charge is 0.337 e. The van der Waals surface area contributed by atoms with Gasteiger partial charge in [-0.3, -0.25) is 5.10 Å². The third-order valence-corrected chi connectivity index (χ3v) is 2.41. The number of amides is 2. The van der Waals surface area contributed by atoms with E-state index >= 15 is 0 Å². The Balaban J connectivity index is 1.97. The van der Waals surface area contributed by atoms with Gasteiger partial charge in [-0.1, -0.05) is 12.1 Å². The molecule has 0 fully saturated rings. The van der Waals surface area contributed by atoms with E-state index in [1.807, 2.05) is 0 Å². The monoisotopic (exact) mass is 260 g/mol. The SMILES string of the molecule is O=C(NCc1cn[nH]c1)Nc1ccccc1C(=O)O. The number of para-hydroxylation sites is 1. The minimum Gasteiger partial charge on any atom is -0.478 e. The van der Waals surface area contributed by atoms with Crippen LogP contribution in [-0.4, -0.2) is 27.3 Å². The number of carboxylic acids is 1. The number of benzene rings is 1. The molecule has 0 radical (unpaired) electrons. The number of urea groups is 1. The number of carbonyl (C=O) groups is 2. The first-order valence-corrected chi connectivity index (χ1v) is 5.51. The third kappa shape index (κ3) is 3.32. The lowest BCUT2D eigenvalue weighted by molar-refractivity contribution is 0.0698. The molecule has 2 rings (SSSR count). The molecule has 0 atom stereocenters. The zero-order valence-electron chi connectivity index (χ0n) is 9.88. The van der Waals surface area contributed by atoms with Gasteiger partial charge in [-0.05, 0) is 12.1 Å². The van der Waals surface area contributed by atoms with Gasteiger partial charge in [-0.2, -0.15) is 5.10 Å². The molecule has 98 valence electrons. The molecule has 1 heterocycles. The molecule has 2 amide bonds. The van der Waals surface area contributed by atoms with Gasteiger partial charge in [-0.15, -0.1) is 0 Å². The lowest BCUT2D eigenvalue weighted by Crippen LogP contribution is -2.28. The minimum absolute atomic E-state index is 0.0426. The molecule has 0 aliphatic rings. The van der Waals surface area contributed by atoms with Crippen molar-refractivity contribution in [2.45, 2.75) is 6.54 Å². The molecule has 0 unspecified atom stereocenters. The van der Waals surface area contributed by atoms with Crippen LogP contribution in [0.25, 0.3) is 0 Å². The van der Waals surface area contributed by atoms with E-state index in [0.29, 0.717) is 6.54 Å². The molecule has 0 aliphatic heterocycles. The van der Waals surface area contributed by atoms with Gasteiger partial charge in [-0.25, -0.2) is 9.59 Å². The fourth-order valence-corrected chi connectivity index (χ4v) is 1.50. The predicted molar refractivity (Wildman–Crippen MR) is 67.8 cm³/mol. The van der Waals surface area contributed by atoms with Gasteiger partial charge in [0, 0.05) is 18.3 Å². The number of aromatic nitrogens is 2. The van der Waals surface area contributed by atoms with Crippen LogP contribution in [0.15, 0.2) is 36.7 Å². The van der Waals surface area contributed by atoms with Crippen molar-refractivity contribution in [2.75, 3.05) is 5.32 Å². The third-order valence-electron chi connectivity index (χ3n) is 2.41. The second-order valence-electron chi connectivity index (χ2n) is 3.76. The fourth-order valence-electron chi connectivity index (χ4n) is 1.50. The summed E-state index contributed by atoms with van der Waals surface area (Å²) in [5.41, 5.74) is 1.11. The number of hydrogen-bond donors (Lipinski definition) is 4. The van der Waals surface area contributed by atoms with Crippen LogP contribution in [-0.2, 0) is 6.54 Å². The normalized spacial score (nSPS) is 9.89. The molecular formula is C12H12N4O3. The van der Waals surface area contributed by atoms with Crippen molar-refractivity contribution in [1.82, 2.24) is 15.5 Å². The van der Waals surface area contributed by atoms with Gasteiger partial charge in [0.2, 0.25) is 0 Å². The van der Waals surface area contributed by atoms with Crippen LogP contribution in [0, 0.1) is 0 Å². The highest BCUT2D eigenvalue weighted by Crippen LogP contribution is 2.14. The number of aromatic carboxylic acids is 1. The number of nitrogens with zero attached hydrogens (tertiary/aromatic N) is 1. The number of anilines is 1. The van der Waals surface area contributed by atoms with E-state index in [1.54, 1.807) is 24.5 Å². The highest BCUT2D eigenvalue weighted by atomic mass is 16.4.